The average molecular weight is 1190 g/mol. The Morgan fingerprint density at radius 1 is 0.205 bits per heavy atom. The van der Waals surface area contributed by atoms with Gasteiger partial charge < -0.3 is 24.8 Å². The van der Waals surface area contributed by atoms with E-state index in [1.165, 1.54) is 141 Å². The second kappa shape index (κ2) is 24.3. The molecular formula is C74H52Cl2Zr2-2. The maximum atomic E-state index is 2.34. The Balaban J connectivity index is 0.000000129. The molecular weight excluding hydrogens is 1140 g/mol. The molecule has 0 saturated carbocycles. The molecule has 0 N–H and O–H groups in total. The van der Waals surface area contributed by atoms with Crippen molar-refractivity contribution in [2.45, 2.75) is 13.8 Å². The van der Waals surface area contributed by atoms with Gasteiger partial charge in [0.2, 0.25) is 0 Å². The van der Waals surface area contributed by atoms with Crippen LogP contribution >= 0.6 is 0 Å². The molecule has 0 fully saturated rings. The summed E-state index contributed by atoms with van der Waals surface area (Å²) in [5.41, 5.74) is 7.93. The molecule has 0 unspecified atom stereocenters. The van der Waals surface area contributed by atoms with E-state index >= 15 is 0 Å². The molecule has 16 aromatic carbocycles. The maximum absolute atomic E-state index is 2.34. The number of benzene rings is 12. The minimum Gasteiger partial charge on any atom is -1.00 e. The Morgan fingerprint density at radius 3 is 0.808 bits per heavy atom. The van der Waals surface area contributed by atoms with Gasteiger partial charge in [-0.25, -0.2) is 0 Å². The van der Waals surface area contributed by atoms with Gasteiger partial charge in [0.15, 0.2) is 0 Å². The minimum atomic E-state index is 0. The largest absolute Gasteiger partial charge is 2.00 e. The fourth-order valence-electron chi connectivity index (χ4n) is 11.6. The number of hydrogen-bond donors (Lipinski definition) is 0. The van der Waals surface area contributed by atoms with E-state index in [-0.39, 0.29) is 77.2 Å². The van der Waals surface area contributed by atoms with Gasteiger partial charge in [0.25, 0.3) is 0 Å². The summed E-state index contributed by atoms with van der Waals surface area (Å²) in [5, 5.41) is 26.6. The monoisotopic (exact) mass is 1190 g/mol. The molecule has 0 amide bonds. The number of fused-ring (bicyclic) bond motifs is 14. The molecule has 0 bridgehead atoms. The summed E-state index contributed by atoms with van der Waals surface area (Å²) in [7, 11) is 0. The third-order valence-electron chi connectivity index (χ3n) is 15.0. The third kappa shape index (κ3) is 10.7. The van der Waals surface area contributed by atoms with Gasteiger partial charge in [-0.15, -0.1) is 149 Å². The predicted octanol–water partition coefficient (Wildman–Crippen LogP) is 15.1. The molecule has 0 aliphatic carbocycles. The van der Waals surface area contributed by atoms with Gasteiger partial charge in [0.1, 0.15) is 0 Å². The molecule has 0 spiro atoms. The van der Waals surface area contributed by atoms with Crippen molar-refractivity contribution >= 4 is 108 Å². The topological polar surface area (TPSA) is 0 Å². The molecule has 0 aromatic heterocycles. The molecule has 16 rings (SSSR count). The summed E-state index contributed by atoms with van der Waals surface area (Å²) >= 11 is 0. The zero-order valence-corrected chi connectivity index (χ0v) is 49.7. The van der Waals surface area contributed by atoms with Gasteiger partial charge >= 0.3 is 52.4 Å². The molecule has 0 atom stereocenters. The van der Waals surface area contributed by atoms with Crippen LogP contribution in [0.15, 0.2) is 279 Å². The number of rotatable bonds is 2. The first-order chi connectivity index (χ1) is 36.5. The van der Waals surface area contributed by atoms with Crippen molar-refractivity contribution in [3.05, 3.63) is 290 Å². The second-order valence-electron chi connectivity index (χ2n) is 19.7. The van der Waals surface area contributed by atoms with Gasteiger partial charge in [-0.05, 0) is 66.3 Å². The SMILES string of the molecule is Cc1cc2c(-c3cc4ccccc4c4ccccc34)cccc2[cH-]1.Cc1cc2c(-c3cc4ccccc4c4ccccc34)cccc2[cH-]1.[Cl-].[Cl-].[Zr+2].[Zr+2].c1ccc2c(c1)[cH-]c1ccccc12.c1ccc2c(c1)[cH-]c1ccccc12. The van der Waals surface area contributed by atoms with E-state index < -0.39 is 0 Å². The van der Waals surface area contributed by atoms with Crippen LogP contribution in [0.4, 0.5) is 0 Å². The molecule has 372 valence electrons. The molecule has 0 nitrogen and oxygen atoms in total. The van der Waals surface area contributed by atoms with E-state index in [0.717, 1.165) is 0 Å². The summed E-state index contributed by atoms with van der Waals surface area (Å²) in [6.07, 6.45) is 0. The first kappa shape index (κ1) is 55.7. The summed E-state index contributed by atoms with van der Waals surface area (Å²) in [4.78, 5) is 0. The molecule has 0 radical (unpaired) electrons. The van der Waals surface area contributed by atoms with Crippen LogP contribution in [-0.4, -0.2) is 0 Å². The predicted molar refractivity (Wildman–Crippen MR) is 324 cm³/mol. The van der Waals surface area contributed by atoms with Gasteiger partial charge in [-0.3, -0.25) is 0 Å². The summed E-state index contributed by atoms with van der Waals surface area (Å²) in [5.74, 6) is 0. The van der Waals surface area contributed by atoms with Gasteiger partial charge in [0.05, 0.1) is 0 Å². The van der Waals surface area contributed by atoms with Crippen LogP contribution in [0.25, 0.3) is 130 Å². The Morgan fingerprint density at radius 2 is 0.462 bits per heavy atom. The summed E-state index contributed by atoms with van der Waals surface area (Å²) in [6.45, 7) is 4.34. The van der Waals surface area contributed by atoms with Crippen molar-refractivity contribution in [1.82, 2.24) is 0 Å². The van der Waals surface area contributed by atoms with Gasteiger partial charge in [-0.1, -0.05) is 207 Å². The molecule has 0 saturated heterocycles. The first-order valence-corrected chi connectivity index (χ1v) is 25.7. The Hall–Kier alpha value is -7.01. The van der Waals surface area contributed by atoms with Gasteiger partial charge in [0, 0.05) is 0 Å². The minimum absolute atomic E-state index is 0. The molecule has 78 heavy (non-hydrogen) atoms. The third-order valence-corrected chi connectivity index (χ3v) is 15.0. The quantitative estimate of drug-likeness (QED) is 0.120. The van der Waals surface area contributed by atoms with Gasteiger partial charge in [-0.2, -0.15) is 12.1 Å². The van der Waals surface area contributed by atoms with E-state index in [2.05, 4.69) is 293 Å². The molecule has 16 aromatic rings. The average Bonchev–Trinajstić information content (AvgIpc) is 4.28. The van der Waals surface area contributed by atoms with E-state index in [0.29, 0.717) is 0 Å². The normalized spacial score (nSPS) is 10.8. The van der Waals surface area contributed by atoms with E-state index in [1.54, 1.807) is 0 Å². The molecule has 0 aliphatic rings. The number of halogens is 2. The van der Waals surface area contributed by atoms with E-state index in [9.17, 15) is 0 Å². The van der Waals surface area contributed by atoms with Crippen molar-refractivity contribution < 1.29 is 77.2 Å². The number of aryl methyl sites for hydroxylation is 2. The van der Waals surface area contributed by atoms with Crippen LogP contribution in [0.2, 0.25) is 0 Å². The summed E-state index contributed by atoms with van der Waals surface area (Å²) < 4.78 is 0. The van der Waals surface area contributed by atoms with Crippen molar-refractivity contribution in [2.24, 2.45) is 0 Å². The van der Waals surface area contributed by atoms with E-state index in [1.807, 2.05) is 0 Å². The van der Waals surface area contributed by atoms with Crippen LogP contribution < -0.4 is 24.8 Å². The van der Waals surface area contributed by atoms with Crippen molar-refractivity contribution in [2.75, 3.05) is 0 Å². The van der Waals surface area contributed by atoms with Crippen molar-refractivity contribution in [1.29, 1.82) is 0 Å². The fourth-order valence-corrected chi connectivity index (χ4v) is 11.6. The zero-order chi connectivity index (χ0) is 49.5. The molecule has 0 heterocycles. The second-order valence-corrected chi connectivity index (χ2v) is 19.7. The Bertz CT molecular complexity index is 4320. The molecule has 4 heteroatoms. The fraction of sp³-hybridized carbons (Fsp3) is 0.0270. The van der Waals surface area contributed by atoms with Crippen molar-refractivity contribution in [3.63, 3.8) is 0 Å². The van der Waals surface area contributed by atoms with Crippen molar-refractivity contribution in [3.8, 4) is 22.3 Å². The maximum Gasteiger partial charge on any atom is 2.00 e. The van der Waals surface area contributed by atoms with Crippen LogP contribution in [0.3, 0.4) is 0 Å². The molecule has 0 aliphatic heterocycles. The summed E-state index contributed by atoms with van der Waals surface area (Å²) in [6, 6.07) is 100. The zero-order valence-electron chi connectivity index (χ0n) is 43.3. The first-order valence-electron chi connectivity index (χ1n) is 25.7. The Labute approximate surface area is 506 Å². The Kier molecular flexibility index (Phi) is 17.4. The van der Waals surface area contributed by atoms with Crippen LogP contribution in [0.1, 0.15) is 11.1 Å². The van der Waals surface area contributed by atoms with E-state index in [4.69, 9.17) is 0 Å². The van der Waals surface area contributed by atoms with Crippen LogP contribution in [0.5, 0.6) is 0 Å². The van der Waals surface area contributed by atoms with Crippen LogP contribution in [-0.2, 0) is 52.4 Å². The van der Waals surface area contributed by atoms with Crippen LogP contribution in [0, 0.1) is 13.8 Å². The number of hydrogen-bond acceptors (Lipinski definition) is 0. The smallest absolute Gasteiger partial charge is 1.00 e. The standard InChI is InChI=1S/2C24H17.2C13H9.2ClH.2Zr/c2*1-16-13-17-8-6-12-22(23(17)14-16)24-15-18-7-2-3-9-19(18)20-10-4-5-11-21(20)24;2*1-3-7-12-10(5-1)9-11-6-2-4-8-13(11)12;;;;/h2*2-15H,1H3;2*1-9H;2*1H;;/q4*-1;;;2*+2/p-2.